The normalized spacial score (nSPS) is 13.2. The molecular formula is C25H25F2IN2O3. The van der Waals surface area contributed by atoms with Gasteiger partial charge in [0.2, 0.25) is 0 Å². The van der Waals surface area contributed by atoms with E-state index >= 15 is 8.78 Å². The number of aliphatic hydroxyl groups excluding tert-OH is 1. The maximum atomic E-state index is 15.3. The number of nitrogens with one attached hydrogen (secondary N) is 2. The molecule has 8 heteroatoms. The molecule has 1 amide bonds. The molecule has 3 N–H and O–H groups in total. The van der Waals surface area contributed by atoms with Crippen molar-refractivity contribution in [2.75, 3.05) is 6.54 Å². The molecule has 3 rings (SSSR count). The van der Waals surface area contributed by atoms with Crippen molar-refractivity contribution in [3.8, 4) is 0 Å². The molecule has 0 saturated heterocycles. The largest absolute Gasteiger partial charge is 0.445 e. The number of carbonyl (C=O) groups excluding carboxylic acids is 1. The summed E-state index contributed by atoms with van der Waals surface area (Å²) in [5, 5.41) is 15.8. The van der Waals surface area contributed by atoms with E-state index in [4.69, 9.17) is 4.74 Å². The smallest absolute Gasteiger partial charge is 0.407 e. The van der Waals surface area contributed by atoms with Crippen LogP contribution in [-0.4, -0.2) is 29.9 Å². The molecule has 0 radical (unpaired) electrons. The van der Waals surface area contributed by atoms with Crippen molar-refractivity contribution < 1.29 is 23.4 Å². The zero-order valence-electron chi connectivity index (χ0n) is 17.8. The minimum Gasteiger partial charge on any atom is -0.445 e. The first-order chi connectivity index (χ1) is 15.9. The van der Waals surface area contributed by atoms with Gasteiger partial charge in [0, 0.05) is 22.2 Å². The number of alkyl halides is 2. The third-order valence-electron chi connectivity index (χ3n) is 4.99. The summed E-state index contributed by atoms with van der Waals surface area (Å²) < 4.78 is 36.8. The van der Waals surface area contributed by atoms with E-state index < -0.39 is 24.2 Å². The average molecular weight is 566 g/mol. The number of hydrogen-bond donors (Lipinski definition) is 3. The molecule has 0 fully saturated rings. The molecule has 5 nitrogen and oxygen atoms in total. The molecule has 0 aliphatic heterocycles. The summed E-state index contributed by atoms with van der Waals surface area (Å²) in [4.78, 5) is 12.3. The van der Waals surface area contributed by atoms with Crippen molar-refractivity contribution in [1.82, 2.24) is 10.6 Å². The number of ether oxygens (including phenoxy) is 1. The number of alkyl carbamates (subject to hydrolysis) is 1. The zero-order chi connectivity index (χ0) is 23.7. The lowest BCUT2D eigenvalue weighted by molar-refractivity contribution is -0.0825. The molecule has 2 atom stereocenters. The molecule has 174 valence electrons. The fraction of sp³-hybridized carbons (Fsp3) is 0.240. The molecule has 0 heterocycles. The number of hydrogen-bond acceptors (Lipinski definition) is 4. The van der Waals surface area contributed by atoms with Crippen LogP contribution < -0.4 is 10.6 Å². The van der Waals surface area contributed by atoms with Crippen LogP contribution in [0.2, 0.25) is 0 Å². The molecule has 0 unspecified atom stereocenters. The topological polar surface area (TPSA) is 70.6 Å². The fourth-order valence-electron chi connectivity index (χ4n) is 3.29. The zero-order valence-corrected chi connectivity index (χ0v) is 19.9. The number of amides is 1. The maximum Gasteiger partial charge on any atom is 0.407 e. The highest BCUT2D eigenvalue weighted by atomic mass is 127. The molecular weight excluding hydrogens is 541 g/mol. The Hall–Kier alpha value is -2.56. The van der Waals surface area contributed by atoms with Gasteiger partial charge in [-0.3, -0.25) is 0 Å². The second-order valence-electron chi connectivity index (χ2n) is 7.50. The lowest BCUT2D eigenvalue weighted by atomic mass is 9.96. The highest BCUT2D eigenvalue weighted by Crippen LogP contribution is 2.33. The van der Waals surface area contributed by atoms with Crippen LogP contribution in [0.5, 0.6) is 0 Å². The summed E-state index contributed by atoms with van der Waals surface area (Å²) in [6, 6.07) is 21.8. The third-order valence-corrected chi connectivity index (χ3v) is 5.66. The minimum atomic E-state index is -3.53. The van der Waals surface area contributed by atoms with E-state index in [0.717, 1.165) is 14.7 Å². The first kappa shape index (κ1) is 25.1. The van der Waals surface area contributed by atoms with Crippen LogP contribution in [0.3, 0.4) is 0 Å². The number of halogens is 3. The van der Waals surface area contributed by atoms with Gasteiger partial charge in [-0.25, -0.2) is 4.79 Å². The van der Waals surface area contributed by atoms with Crippen LogP contribution in [0, 0.1) is 3.57 Å². The summed E-state index contributed by atoms with van der Waals surface area (Å²) in [6.07, 6.45) is -2.61. The number of aliphatic hydroxyl groups is 1. The Bertz CT molecular complexity index is 1020. The lowest BCUT2D eigenvalue weighted by Gasteiger charge is -2.31. The van der Waals surface area contributed by atoms with E-state index in [9.17, 15) is 9.90 Å². The molecule has 0 aromatic heterocycles. The van der Waals surface area contributed by atoms with Crippen molar-refractivity contribution >= 4 is 28.7 Å². The van der Waals surface area contributed by atoms with Gasteiger partial charge in [0.25, 0.3) is 5.92 Å². The van der Waals surface area contributed by atoms with Crippen molar-refractivity contribution in [3.05, 3.63) is 105 Å². The molecule has 0 aliphatic carbocycles. The van der Waals surface area contributed by atoms with Gasteiger partial charge < -0.3 is 20.5 Å². The van der Waals surface area contributed by atoms with Gasteiger partial charge in [-0.1, -0.05) is 72.8 Å². The number of carbonyl (C=O) groups is 1. The minimum absolute atomic E-state index is 0.0721. The van der Waals surface area contributed by atoms with Gasteiger partial charge in [0.1, 0.15) is 12.6 Å². The predicted octanol–water partition coefficient (Wildman–Crippen LogP) is 4.83. The Morgan fingerprint density at radius 3 is 2.27 bits per heavy atom. The number of benzene rings is 3. The SMILES string of the molecule is O=C(N[C@H]([C@H](O)CNCc1cccc(I)c1)C(F)(F)c1ccccc1)OCc1ccccc1. The van der Waals surface area contributed by atoms with Gasteiger partial charge in [-0.2, -0.15) is 8.78 Å². The van der Waals surface area contributed by atoms with E-state index in [0.29, 0.717) is 6.54 Å². The van der Waals surface area contributed by atoms with Crippen molar-refractivity contribution in [2.24, 2.45) is 0 Å². The monoisotopic (exact) mass is 566 g/mol. The summed E-state index contributed by atoms with van der Waals surface area (Å²) in [6.45, 7) is 0.158. The quantitative estimate of drug-likeness (QED) is 0.308. The van der Waals surface area contributed by atoms with Crippen LogP contribution in [0.25, 0.3) is 0 Å². The van der Waals surface area contributed by atoms with Gasteiger partial charge in [0.05, 0.1) is 6.10 Å². The molecule has 3 aromatic rings. The Morgan fingerprint density at radius 2 is 1.61 bits per heavy atom. The van der Waals surface area contributed by atoms with Crippen LogP contribution in [0.15, 0.2) is 84.9 Å². The predicted molar refractivity (Wildman–Crippen MR) is 131 cm³/mol. The Labute approximate surface area is 205 Å². The van der Waals surface area contributed by atoms with Crippen LogP contribution in [0.4, 0.5) is 13.6 Å². The van der Waals surface area contributed by atoms with E-state index in [-0.39, 0.29) is 18.7 Å². The highest BCUT2D eigenvalue weighted by Gasteiger charge is 2.46. The first-order valence-electron chi connectivity index (χ1n) is 10.4. The third kappa shape index (κ3) is 7.48. The van der Waals surface area contributed by atoms with Gasteiger partial charge in [-0.05, 0) is 45.9 Å². The molecule has 0 aliphatic rings. The van der Waals surface area contributed by atoms with Gasteiger partial charge in [-0.15, -0.1) is 0 Å². The van der Waals surface area contributed by atoms with Crippen molar-refractivity contribution in [2.45, 2.75) is 31.2 Å². The molecule has 3 aromatic carbocycles. The fourth-order valence-corrected chi connectivity index (χ4v) is 3.90. The Kier molecular flexibility index (Phi) is 9.16. The van der Waals surface area contributed by atoms with Crippen LogP contribution >= 0.6 is 22.6 Å². The van der Waals surface area contributed by atoms with Crippen LogP contribution in [-0.2, 0) is 23.8 Å². The first-order valence-corrected chi connectivity index (χ1v) is 11.5. The summed E-state index contributed by atoms with van der Waals surface area (Å²) in [5.41, 5.74) is 1.37. The van der Waals surface area contributed by atoms with Gasteiger partial charge >= 0.3 is 6.09 Å². The lowest BCUT2D eigenvalue weighted by Crippen LogP contribution is -2.55. The Balaban J connectivity index is 1.68. The van der Waals surface area contributed by atoms with Gasteiger partial charge in [0.15, 0.2) is 0 Å². The van der Waals surface area contributed by atoms with E-state index in [2.05, 4.69) is 33.2 Å². The Morgan fingerprint density at radius 1 is 0.970 bits per heavy atom. The van der Waals surface area contributed by atoms with Crippen LogP contribution in [0.1, 0.15) is 16.7 Å². The number of rotatable bonds is 10. The molecule has 0 saturated carbocycles. The summed E-state index contributed by atoms with van der Waals surface area (Å²) in [7, 11) is 0. The average Bonchev–Trinajstić information content (AvgIpc) is 2.82. The van der Waals surface area contributed by atoms with Crippen molar-refractivity contribution in [1.29, 1.82) is 0 Å². The second kappa shape index (κ2) is 12.1. The van der Waals surface area contributed by atoms with E-state index in [1.807, 2.05) is 30.3 Å². The summed E-state index contributed by atoms with van der Waals surface area (Å²) >= 11 is 2.19. The highest BCUT2D eigenvalue weighted by molar-refractivity contribution is 14.1. The maximum absolute atomic E-state index is 15.3. The molecule has 33 heavy (non-hydrogen) atoms. The van der Waals surface area contributed by atoms with E-state index in [1.165, 1.54) is 24.3 Å². The van der Waals surface area contributed by atoms with E-state index in [1.54, 1.807) is 30.3 Å². The molecule has 0 spiro atoms. The van der Waals surface area contributed by atoms with Crippen molar-refractivity contribution in [3.63, 3.8) is 0 Å². The molecule has 0 bridgehead atoms. The second-order valence-corrected chi connectivity index (χ2v) is 8.75. The standard InChI is InChI=1S/C25H25F2IN2O3/c26-25(27,20-11-5-2-6-12-20)23(30-24(32)33-17-18-8-3-1-4-9-18)22(31)16-29-15-19-10-7-13-21(28)14-19/h1-14,22-23,29,31H,15-17H2,(H,30,32)/t22-,23-/m1/s1. The summed E-state index contributed by atoms with van der Waals surface area (Å²) in [5.74, 6) is -3.53.